The van der Waals surface area contributed by atoms with E-state index >= 15 is 0 Å². The van der Waals surface area contributed by atoms with Crippen LogP contribution in [0.4, 0.5) is 9.18 Å². The number of benzene rings is 1. The molecule has 2 aromatic rings. The van der Waals surface area contributed by atoms with Gasteiger partial charge in [-0.15, -0.1) is 0 Å². The average Bonchev–Trinajstić information content (AvgIpc) is 2.74. The van der Waals surface area contributed by atoms with Crippen molar-refractivity contribution in [3.05, 3.63) is 65.2 Å². The van der Waals surface area contributed by atoms with E-state index < -0.39 is 0 Å². The number of rotatable bonds is 5. The normalized spacial score (nSPS) is 18.9. The summed E-state index contributed by atoms with van der Waals surface area (Å²) < 4.78 is 13.7. The maximum Gasteiger partial charge on any atom is 0.317 e. The minimum atomic E-state index is -0.285. The van der Waals surface area contributed by atoms with Gasteiger partial charge < -0.3 is 15.5 Å². The highest BCUT2D eigenvalue weighted by atomic mass is 19.1. The van der Waals surface area contributed by atoms with E-state index in [1.165, 1.54) is 6.07 Å². The fourth-order valence-electron chi connectivity index (χ4n) is 3.72. The number of carbonyl (C=O) groups is 2. The highest BCUT2D eigenvalue weighted by Gasteiger charge is 2.35. The van der Waals surface area contributed by atoms with Crippen molar-refractivity contribution in [3.63, 3.8) is 0 Å². The second-order valence-electron chi connectivity index (χ2n) is 7.37. The smallest absolute Gasteiger partial charge is 0.317 e. The lowest BCUT2D eigenvalue weighted by molar-refractivity contribution is -0.126. The third kappa shape index (κ3) is 5.10. The number of halogens is 1. The second-order valence-corrected chi connectivity index (χ2v) is 7.37. The first-order valence-corrected chi connectivity index (χ1v) is 9.96. The lowest BCUT2D eigenvalue weighted by Gasteiger charge is -2.39. The summed E-state index contributed by atoms with van der Waals surface area (Å²) in [7, 11) is 0. The maximum atomic E-state index is 13.7. The second kappa shape index (κ2) is 9.49. The summed E-state index contributed by atoms with van der Waals surface area (Å²) in [6.07, 6.45) is 4.71. The molecule has 154 valence electrons. The standard InChI is InChI=1S/C22H27FN4O2/c1-3-25-22(29)27-14-18(21(28)26-13-16-5-4-10-24-12-16)7-9-20(27)17-6-8-19(23)15(2)11-17/h4-6,8,10-12,18,20H,3,7,9,13-14H2,1-2H3,(H,25,29)(H,26,28)/t18-,20+/m0/s1. The van der Waals surface area contributed by atoms with Gasteiger partial charge in [-0.3, -0.25) is 9.78 Å². The molecule has 2 N–H and O–H groups in total. The monoisotopic (exact) mass is 398 g/mol. The molecular weight excluding hydrogens is 371 g/mol. The van der Waals surface area contributed by atoms with Crippen molar-refractivity contribution in [2.75, 3.05) is 13.1 Å². The number of nitrogens with one attached hydrogen (secondary N) is 2. The van der Waals surface area contributed by atoms with E-state index in [1.54, 1.807) is 36.4 Å². The SMILES string of the molecule is CCNC(=O)N1C[C@@H](C(=O)NCc2cccnc2)CC[C@@H]1c1ccc(F)c(C)c1. The first-order valence-electron chi connectivity index (χ1n) is 9.96. The molecule has 1 aromatic heterocycles. The molecule has 2 heterocycles. The number of amides is 3. The Morgan fingerprint density at radius 1 is 1.24 bits per heavy atom. The number of hydrogen-bond acceptors (Lipinski definition) is 3. The Hall–Kier alpha value is -2.96. The molecule has 0 bridgehead atoms. The first kappa shape index (κ1) is 20.8. The van der Waals surface area contributed by atoms with E-state index in [0.29, 0.717) is 38.0 Å². The molecule has 7 heteroatoms. The third-order valence-corrected chi connectivity index (χ3v) is 5.30. The van der Waals surface area contributed by atoms with Gasteiger partial charge in [-0.05, 0) is 55.5 Å². The Bertz CT molecular complexity index is 859. The molecule has 0 spiro atoms. The zero-order valence-corrected chi connectivity index (χ0v) is 16.8. The molecule has 0 aliphatic carbocycles. The molecular formula is C22H27FN4O2. The number of pyridine rings is 1. The fraction of sp³-hybridized carbons (Fsp3) is 0.409. The van der Waals surface area contributed by atoms with Crippen molar-refractivity contribution in [1.29, 1.82) is 0 Å². The fourth-order valence-corrected chi connectivity index (χ4v) is 3.72. The first-order chi connectivity index (χ1) is 14.0. The van der Waals surface area contributed by atoms with Gasteiger partial charge in [-0.2, -0.15) is 0 Å². The van der Waals surface area contributed by atoms with Crippen LogP contribution in [0.3, 0.4) is 0 Å². The van der Waals surface area contributed by atoms with Crippen molar-refractivity contribution in [2.45, 2.75) is 39.3 Å². The molecule has 1 aliphatic heterocycles. The molecule has 1 fully saturated rings. The van der Waals surface area contributed by atoms with Crippen molar-refractivity contribution in [1.82, 2.24) is 20.5 Å². The molecule has 29 heavy (non-hydrogen) atoms. The molecule has 0 saturated carbocycles. The summed E-state index contributed by atoms with van der Waals surface area (Å²) in [5.74, 6) is -0.620. The van der Waals surface area contributed by atoms with Crippen LogP contribution in [-0.4, -0.2) is 34.9 Å². The van der Waals surface area contributed by atoms with Crippen LogP contribution >= 0.6 is 0 Å². The van der Waals surface area contributed by atoms with Gasteiger partial charge in [-0.25, -0.2) is 9.18 Å². The summed E-state index contributed by atoms with van der Waals surface area (Å²) in [6, 6.07) is 8.30. The van der Waals surface area contributed by atoms with E-state index in [0.717, 1.165) is 11.1 Å². The highest BCUT2D eigenvalue weighted by molar-refractivity contribution is 5.81. The zero-order valence-electron chi connectivity index (χ0n) is 16.8. The minimum Gasteiger partial charge on any atom is -0.352 e. The van der Waals surface area contributed by atoms with Crippen LogP contribution in [0.25, 0.3) is 0 Å². The van der Waals surface area contributed by atoms with Gasteiger partial charge in [0.1, 0.15) is 5.82 Å². The van der Waals surface area contributed by atoms with Gasteiger partial charge in [0.25, 0.3) is 0 Å². The Kier molecular flexibility index (Phi) is 6.80. The Morgan fingerprint density at radius 2 is 2.07 bits per heavy atom. The lowest BCUT2D eigenvalue weighted by atomic mass is 9.88. The molecule has 6 nitrogen and oxygen atoms in total. The minimum absolute atomic E-state index is 0.0723. The largest absolute Gasteiger partial charge is 0.352 e. The summed E-state index contributed by atoms with van der Waals surface area (Å²) >= 11 is 0. The van der Waals surface area contributed by atoms with Crippen LogP contribution in [0.2, 0.25) is 0 Å². The number of aromatic nitrogens is 1. The summed E-state index contributed by atoms with van der Waals surface area (Å²) in [4.78, 5) is 31.1. The molecule has 2 atom stereocenters. The molecule has 1 saturated heterocycles. The van der Waals surface area contributed by atoms with Crippen molar-refractivity contribution < 1.29 is 14.0 Å². The van der Waals surface area contributed by atoms with Crippen LogP contribution in [0.5, 0.6) is 0 Å². The third-order valence-electron chi connectivity index (χ3n) is 5.30. The molecule has 0 unspecified atom stereocenters. The van der Waals surface area contributed by atoms with Crippen LogP contribution < -0.4 is 10.6 Å². The molecule has 1 aromatic carbocycles. The van der Waals surface area contributed by atoms with Crippen LogP contribution in [0.1, 0.15) is 42.5 Å². The lowest BCUT2D eigenvalue weighted by Crippen LogP contribution is -2.50. The Balaban J connectivity index is 1.71. The van der Waals surface area contributed by atoms with Crippen LogP contribution in [0, 0.1) is 18.7 Å². The number of piperidine rings is 1. The van der Waals surface area contributed by atoms with Gasteiger partial charge in [0.05, 0.1) is 12.0 Å². The number of likely N-dealkylation sites (tertiary alicyclic amines) is 1. The predicted octanol–water partition coefficient (Wildman–Crippen LogP) is 3.33. The quantitative estimate of drug-likeness (QED) is 0.811. The Labute approximate surface area is 170 Å². The van der Waals surface area contributed by atoms with Gasteiger partial charge in [-0.1, -0.05) is 18.2 Å². The Morgan fingerprint density at radius 3 is 2.76 bits per heavy atom. The van der Waals surface area contributed by atoms with Crippen LogP contribution in [-0.2, 0) is 11.3 Å². The van der Waals surface area contributed by atoms with E-state index in [9.17, 15) is 14.0 Å². The number of nitrogens with zero attached hydrogens (tertiary/aromatic N) is 2. The molecule has 3 rings (SSSR count). The van der Waals surface area contributed by atoms with Gasteiger partial charge in [0.2, 0.25) is 5.91 Å². The maximum absolute atomic E-state index is 13.7. The van der Waals surface area contributed by atoms with Gasteiger partial charge >= 0.3 is 6.03 Å². The van der Waals surface area contributed by atoms with E-state index in [1.807, 2.05) is 19.1 Å². The topological polar surface area (TPSA) is 74.3 Å². The van der Waals surface area contributed by atoms with E-state index in [4.69, 9.17) is 0 Å². The number of urea groups is 1. The number of hydrogen-bond donors (Lipinski definition) is 2. The molecule has 0 radical (unpaired) electrons. The number of carbonyl (C=O) groups excluding carboxylic acids is 2. The zero-order chi connectivity index (χ0) is 20.8. The van der Waals surface area contributed by atoms with Crippen molar-refractivity contribution >= 4 is 11.9 Å². The van der Waals surface area contributed by atoms with E-state index in [2.05, 4.69) is 15.6 Å². The van der Waals surface area contributed by atoms with Gasteiger partial charge in [0.15, 0.2) is 0 Å². The summed E-state index contributed by atoms with van der Waals surface area (Å²) in [5.41, 5.74) is 2.37. The summed E-state index contributed by atoms with van der Waals surface area (Å²) in [6.45, 7) is 4.81. The van der Waals surface area contributed by atoms with Crippen molar-refractivity contribution in [2.24, 2.45) is 5.92 Å². The molecule has 3 amide bonds. The predicted molar refractivity (Wildman–Crippen MR) is 108 cm³/mol. The van der Waals surface area contributed by atoms with E-state index in [-0.39, 0.29) is 29.7 Å². The van der Waals surface area contributed by atoms with Gasteiger partial charge in [0, 0.05) is 32.0 Å². The molecule has 1 aliphatic rings. The highest BCUT2D eigenvalue weighted by Crippen LogP contribution is 2.34. The van der Waals surface area contributed by atoms with Crippen LogP contribution in [0.15, 0.2) is 42.7 Å². The number of aryl methyl sites for hydroxylation is 1. The average molecular weight is 398 g/mol. The summed E-state index contributed by atoms with van der Waals surface area (Å²) in [5, 5.41) is 5.78. The van der Waals surface area contributed by atoms with Crippen molar-refractivity contribution in [3.8, 4) is 0 Å².